The van der Waals surface area contributed by atoms with Crippen LogP contribution in [0.25, 0.3) is 0 Å². The van der Waals surface area contributed by atoms with E-state index in [2.05, 4.69) is 35.6 Å². The fourth-order valence-corrected chi connectivity index (χ4v) is 2.66. The standard InChI is InChI=1S/C13H20BrNO4Si/c1-20(2,3)7-6-18-10-19-13-8-12(15(16)17)5-4-11(13)9-14/h4-5,8H,6-7,9-10H2,1-3H3. The normalized spacial score (nSPS) is 11.4. The van der Waals surface area contributed by atoms with Crippen LogP contribution in [-0.4, -0.2) is 26.4 Å². The van der Waals surface area contributed by atoms with Crippen molar-refractivity contribution in [2.24, 2.45) is 0 Å². The lowest BCUT2D eigenvalue weighted by Crippen LogP contribution is -2.22. The van der Waals surface area contributed by atoms with E-state index in [0.717, 1.165) is 11.6 Å². The summed E-state index contributed by atoms with van der Waals surface area (Å²) >= 11 is 3.33. The summed E-state index contributed by atoms with van der Waals surface area (Å²) < 4.78 is 10.9. The summed E-state index contributed by atoms with van der Waals surface area (Å²) in [6.07, 6.45) is 0. The zero-order chi connectivity index (χ0) is 15.2. The Morgan fingerprint density at radius 1 is 1.35 bits per heavy atom. The van der Waals surface area contributed by atoms with Gasteiger partial charge in [-0.3, -0.25) is 10.1 Å². The average molecular weight is 362 g/mol. The molecular formula is C13H20BrNO4Si. The van der Waals surface area contributed by atoms with Crippen LogP contribution in [0.1, 0.15) is 5.56 Å². The van der Waals surface area contributed by atoms with Gasteiger partial charge in [-0.15, -0.1) is 0 Å². The lowest BCUT2D eigenvalue weighted by Gasteiger charge is -2.16. The quantitative estimate of drug-likeness (QED) is 0.174. The molecule has 0 saturated carbocycles. The van der Waals surface area contributed by atoms with E-state index >= 15 is 0 Å². The summed E-state index contributed by atoms with van der Waals surface area (Å²) in [6.45, 7) is 7.61. The van der Waals surface area contributed by atoms with E-state index in [9.17, 15) is 10.1 Å². The summed E-state index contributed by atoms with van der Waals surface area (Å²) in [5, 5.41) is 11.3. The van der Waals surface area contributed by atoms with Crippen molar-refractivity contribution in [2.75, 3.05) is 13.4 Å². The van der Waals surface area contributed by atoms with Crippen molar-refractivity contribution in [3.63, 3.8) is 0 Å². The van der Waals surface area contributed by atoms with Crippen LogP contribution in [0.2, 0.25) is 25.7 Å². The van der Waals surface area contributed by atoms with Gasteiger partial charge in [0.1, 0.15) is 5.75 Å². The second-order valence-electron chi connectivity index (χ2n) is 5.66. The molecule has 0 aliphatic rings. The van der Waals surface area contributed by atoms with Gasteiger partial charge < -0.3 is 9.47 Å². The topological polar surface area (TPSA) is 61.6 Å². The Hall–Kier alpha value is -0.923. The minimum atomic E-state index is -1.11. The molecule has 0 aliphatic heterocycles. The molecule has 112 valence electrons. The third-order valence-electron chi connectivity index (χ3n) is 2.70. The van der Waals surface area contributed by atoms with Crippen molar-refractivity contribution in [3.05, 3.63) is 33.9 Å². The van der Waals surface area contributed by atoms with Gasteiger partial charge in [0, 0.05) is 31.6 Å². The van der Waals surface area contributed by atoms with Crippen LogP contribution in [0.5, 0.6) is 5.75 Å². The van der Waals surface area contributed by atoms with Crippen LogP contribution in [0.4, 0.5) is 5.69 Å². The van der Waals surface area contributed by atoms with Gasteiger partial charge in [0.2, 0.25) is 0 Å². The van der Waals surface area contributed by atoms with Crippen molar-refractivity contribution < 1.29 is 14.4 Å². The number of halogens is 1. The molecule has 0 bridgehead atoms. The molecule has 5 nitrogen and oxygen atoms in total. The van der Waals surface area contributed by atoms with Gasteiger partial charge in [-0.1, -0.05) is 35.6 Å². The minimum Gasteiger partial charge on any atom is -0.467 e. The maximum absolute atomic E-state index is 10.8. The van der Waals surface area contributed by atoms with Crippen LogP contribution < -0.4 is 4.74 Å². The Morgan fingerprint density at radius 3 is 2.60 bits per heavy atom. The first-order chi connectivity index (χ1) is 9.33. The highest BCUT2D eigenvalue weighted by Crippen LogP contribution is 2.26. The smallest absolute Gasteiger partial charge is 0.273 e. The lowest BCUT2D eigenvalue weighted by atomic mass is 10.2. The van der Waals surface area contributed by atoms with E-state index in [1.54, 1.807) is 6.07 Å². The zero-order valence-corrected chi connectivity index (χ0v) is 14.6. The number of alkyl halides is 1. The number of benzene rings is 1. The molecule has 7 heteroatoms. The number of hydrogen-bond donors (Lipinski definition) is 0. The summed E-state index contributed by atoms with van der Waals surface area (Å²) in [7, 11) is -1.11. The van der Waals surface area contributed by atoms with Gasteiger partial charge in [-0.05, 0) is 12.1 Å². The van der Waals surface area contributed by atoms with Crippen LogP contribution in [-0.2, 0) is 10.1 Å². The number of nitrogens with zero attached hydrogens (tertiary/aromatic N) is 1. The second kappa shape index (κ2) is 7.75. The van der Waals surface area contributed by atoms with Crippen molar-refractivity contribution in [1.29, 1.82) is 0 Å². The molecule has 0 saturated heterocycles. The maximum atomic E-state index is 10.8. The molecule has 20 heavy (non-hydrogen) atoms. The van der Waals surface area contributed by atoms with Crippen LogP contribution in [0.15, 0.2) is 18.2 Å². The fourth-order valence-electron chi connectivity index (χ4n) is 1.44. The summed E-state index contributed by atoms with van der Waals surface area (Å²) in [6, 6.07) is 5.65. The molecule has 0 unspecified atom stereocenters. The first-order valence-corrected chi connectivity index (χ1v) is 11.2. The summed E-state index contributed by atoms with van der Waals surface area (Å²) in [4.78, 5) is 10.3. The van der Waals surface area contributed by atoms with Gasteiger partial charge in [0.25, 0.3) is 5.69 Å². The first kappa shape index (κ1) is 17.1. The van der Waals surface area contributed by atoms with Gasteiger partial charge in [0.05, 0.1) is 11.0 Å². The number of nitro benzene ring substituents is 1. The first-order valence-electron chi connectivity index (χ1n) is 6.37. The maximum Gasteiger partial charge on any atom is 0.273 e. The van der Waals surface area contributed by atoms with Crippen LogP contribution in [0.3, 0.4) is 0 Å². The van der Waals surface area contributed by atoms with Crippen LogP contribution >= 0.6 is 15.9 Å². The third kappa shape index (κ3) is 6.02. The van der Waals surface area contributed by atoms with E-state index in [1.807, 2.05) is 0 Å². The molecular weight excluding hydrogens is 342 g/mol. The number of hydrogen-bond acceptors (Lipinski definition) is 4. The van der Waals surface area contributed by atoms with Crippen LogP contribution in [0, 0.1) is 10.1 Å². The summed E-state index contributed by atoms with van der Waals surface area (Å²) in [5.74, 6) is 0.490. The molecule has 0 aliphatic carbocycles. The van der Waals surface area contributed by atoms with E-state index in [4.69, 9.17) is 9.47 Å². The van der Waals surface area contributed by atoms with E-state index < -0.39 is 13.0 Å². The van der Waals surface area contributed by atoms with E-state index in [0.29, 0.717) is 17.7 Å². The average Bonchev–Trinajstić information content (AvgIpc) is 2.36. The number of nitro groups is 1. The zero-order valence-electron chi connectivity index (χ0n) is 12.0. The molecule has 1 aromatic rings. The Bertz CT molecular complexity index is 462. The Labute approximate surface area is 128 Å². The number of non-ortho nitro benzene ring substituents is 1. The Kier molecular flexibility index (Phi) is 6.64. The molecule has 0 amide bonds. The second-order valence-corrected chi connectivity index (χ2v) is 11.8. The van der Waals surface area contributed by atoms with Gasteiger partial charge in [-0.2, -0.15) is 0 Å². The minimum absolute atomic E-state index is 0.0202. The molecule has 0 fully saturated rings. The molecule has 1 rings (SSSR count). The lowest BCUT2D eigenvalue weighted by molar-refractivity contribution is -0.385. The molecule has 1 aromatic carbocycles. The van der Waals surface area contributed by atoms with Crippen molar-refractivity contribution in [3.8, 4) is 5.75 Å². The monoisotopic (exact) mass is 361 g/mol. The molecule has 0 heterocycles. The largest absolute Gasteiger partial charge is 0.467 e. The highest BCUT2D eigenvalue weighted by Gasteiger charge is 2.13. The highest BCUT2D eigenvalue weighted by molar-refractivity contribution is 9.08. The SMILES string of the molecule is C[Si](C)(C)CCOCOc1cc([N+](=O)[O-])ccc1CBr. The Morgan fingerprint density at radius 2 is 2.05 bits per heavy atom. The molecule has 0 aromatic heterocycles. The van der Waals surface area contributed by atoms with Crippen molar-refractivity contribution in [1.82, 2.24) is 0 Å². The molecule has 0 N–H and O–H groups in total. The molecule has 0 radical (unpaired) electrons. The number of ether oxygens (including phenoxy) is 2. The van der Waals surface area contributed by atoms with Gasteiger partial charge in [-0.25, -0.2) is 0 Å². The molecule has 0 atom stereocenters. The van der Waals surface area contributed by atoms with E-state index in [1.165, 1.54) is 12.1 Å². The van der Waals surface area contributed by atoms with Crippen molar-refractivity contribution in [2.45, 2.75) is 31.0 Å². The molecule has 0 spiro atoms. The predicted octanol–water partition coefficient (Wildman–Crippen LogP) is 4.18. The third-order valence-corrected chi connectivity index (χ3v) is 5.01. The number of rotatable bonds is 8. The predicted molar refractivity (Wildman–Crippen MR) is 85.3 cm³/mol. The van der Waals surface area contributed by atoms with Crippen molar-refractivity contribution >= 4 is 29.7 Å². The Balaban J connectivity index is 2.53. The van der Waals surface area contributed by atoms with Gasteiger partial charge in [0.15, 0.2) is 6.79 Å². The van der Waals surface area contributed by atoms with Gasteiger partial charge >= 0.3 is 0 Å². The summed E-state index contributed by atoms with van der Waals surface area (Å²) in [5.41, 5.74) is 0.885. The van der Waals surface area contributed by atoms with E-state index in [-0.39, 0.29) is 12.5 Å². The fraction of sp³-hybridized carbons (Fsp3) is 0.538. The highest BCUT2D eigenvalue weighted by atomic mass is 79.9.